The number of hydrogen-bond donors (Lipinski definition) is 3. The Bertz CT molecular complexity index is 451. The van der Waals surface area contributed by atoms with Crippen LogP contribution >= 0.6 is 0 Å². The summed E-state index contributed by atoms with van der Waals surface area (Å²) in [6, 6.07) is 5.33. The maximum atomic E-state index is 10.9. The first-order valence-corrected chi connectivity index (χ1v) is 6.82. The van der Waals surface area contributed by atoms with E-state index < -0.39 is 5.97 Å². The van der Waals surface area contributed by atoms with Crippen LogP contribution in [0.5, 0.6) is 0 Å². The highest BCUT2D eigenvalue weighted by atomic mass is 16.4. The Morgan fingerprint density at radius 1 is 1.32 bits per heavy atom. The van der Waals surface area contributed by atoms with Gasteiger partial charge in [-0.1, -0.05) is 0 Å². The van der Waals surface area contributed by atoms with Gasteiger partial charge in [-0.05, 0) is 62.3 Å². The van der Waals surface area contributed by atoms with Gasteiger partial charge >= 0.3 is 5.97 Å². The third-order valence-corrected chi connectivity index (χ3v) is 3.87. The van der Waals surface area contributed by atoms with Crippen LogP contribution in [0.4, 0.5) is 5.69 Å². The molecular formula is C15H21NO3. The van der Waals surface area contributed by atoms with Gasteiger partial charge in [-0.25, -0.2) is 4.79 Å². The first-order chi connectivity index (χ1) is 9.06. The van der Waals surface area contributed by atoms with Gasteiger partial charge in [-0.3, -0.25) is 0 Å². The summed E-state index contributed by atoms with van der Waals surface area (Å²) in [7, 11) is 0. The minimum absolute atomic E-state index is 0.117. The van der Waals surface area contributed by atoms with Crippen LogP contribution in [0.3, 0.4) is 0 Å². The lowest BCUT2D eigenvalue weighted by Crippen LogP contribution is -2.23. The second-order valence-electron chi connectivity index (χ2n) is 5.39. The van der Waals surface area contributed by atoms with Gasteiger partial charge < -0.3 is 15.5 Å². The van der Waals surface area contributed by atoms with E-state index in [0.29, 0.717) is 11.5 Å². The normalized spacial score (nSPS) is 23.1. The van der Waals surface area contributed by atoms with E-state index in [4.69, 9.17) is 5.11 Å². The summed E-state index contributed by atoms with van der Waals surface area (Å²) in [4.78, 5) is 10.9. The lowest BCUT2D eigenvalue weighted by Gasteiger charge is -2.25. The summed E-state index contributed by atoms with van der Waals surface area (Å²) in [5, 5.41) is 21.8. The Morgan fingerprint density at radius 2 is 2.00 bits per heavy atom. The fourth-order valence-corrected chi connectivity index (χ4v) is 2.62. The lowest BCUT2D eigenvalue weighted by molar-refractivity contribution is 0.0696. The van der Waals surface area contributed by atoms with Crippen molar-refractivity contribution in [2.45, 2.75) is 38.7 Å². The van der Waals surface area contributed by atoms with Crippen LogP contribution in [0.25, 0.3) is 0 Å². The summed E-state index contributed by atoms with van der Waals surface area (Å²) >= 11 is 0. The lowest BCUT2D eigenvalue weighted by atomic mass is 9.87. The van der Waals surface area contributed by atoms with E-state index in [-0.39, 0.29) is 6.10 Å². The molecule has 104 valence electrons. The molecule has 4 nitrogen and oxygen atoms in total. The Hall–Kier alpha value is -1.55. The number of rotatable bonds is 4. The molecule has 1 aliphatic rings. The van der Waals surface area contributed by atoms with Crippen molar-refractivity contribution in [1.29, 1.82) is 0 Å². The molecule has 4 heteroatoms. The van der Waals surface area contributed by atoms with E-state index in [2.05, 4.69) is 5.32 Å². The number of aromatic carboxylic acids is 1. The number of carboxylic acid groups (broad SMARTS) is 1. The average Bonchev–Trinajstić information content (AvgIpc) is 2.37. The topological polar surface area (TPSA) is 69.6 Å². The van der Waals surface area contributed by atoms with Crippen molar-refractivity contribution in [1.82, 2.24) is 0 Å². The molecule has 3 N–H and O–H groups in total. The molecule has 1 saturated carbocycles. The summed E-state index contributed by atoms with van der Waals surface area (Å²) < 4.78 is 0. The number of aliphatic hydroxyl groups is 1. The van der Waals surface area contributed by atoms with Crippen molar-refractivity contribution >= 4 is 11.7 Å². The van der Waals surface area contributed by atoms with Crippen LogP contribution in [0.1, 0.15) is 41.6 Å². The Labute approximate surface area is 113 Å². The highest BCUT2D eigenvalue weighted by Crippen LogP contribution is 2.25. The number of aryl methyl sites for hydroxylation is 1. The molecule has 0 aromatic heterocycles. The van der Waals surface area contributed by atoms with Crippen LogP contribution in [0.2, 0.25) is 0 Å². The van der Waals surface area contributed by atoms with Crippen molar-refractivity contribution in [2.75, 3.05) is 11.9 Å². The summed E-state index contributed by atoms with van der Waals surface area (Å²) in [6.45, 7) is 2.70. The van der Waals surface area contributed by atoms with E-state index in [1.165, 1.54) is 0 Å². The molecule has 0 spiro atoms. The maximum Gasteiger partial charge on any atom is 0.335 e. The Morgan fingerprint density at radius 3 is 2.58 bits per heavy atom. The van der Waals surface area contributed by atoms with Crippen molar-refractivity contribution in [3.05, 3.63) is 29.3 Å². The van der Waals surface area contributed by atoms with Crippen molar-refractivity contribution in [3.63, 3.8) is 0 Å². The molecular weight excluding hydrogens is 242 g/mol. The van der Waals surface area contributed by atoms with Crippen molar-refractivity contribution < 1.29 is 15.0 Å². The molecule has 0 radical (unpaired) electrons. The molecule has 0 unspecified atom stereocenters. The Balaban J connectivity index is 1.89. The van der Waals surface area contributed by atoms with Crippen LogP contribution in [-0.2, 0) is 0 Å². The second kappa shape index (κ2) is 6.06. The largest absolute Gasteiger partial charge is 0.478 e. The molecule has 0 aliphatic heterocycles. The molecule has 0 amide bonds. The first kappa shape index (κ1) is 13.9. The zero-order valence-corrected chi connectivity index (χ0v) is 11.2. The number of carbonyl (C=O) groups is 1. The van der Waals surface area contributed by atoms with Crippen LogP contribution in [-0.4, -0.2) is 28.8 Å². The maximum absolute atomic E-state index is 10.9. The highest BCUT2D eigenvalue weighted by molar-refractivity contribution is 5.89. The molecule has 0 bridgehead atoms. The molecule has 1 aromatic carbocycles. The van der Waals surface area contributed by atoms with Gasteiger partial charge in [0.1, 0.15) is 0 Å². The molecule has 1 aliphatic carbocycles. The monoisotopic (exact) mass is 263 g/mol. The summed E-state index contributed by atoms with van der Waals surface area (Å²) in [5.41, 5.74) is 2.09. The molecule has 2 rings (SSSR count). The van der Waals surface area contributed by atoms with E-state index in [9.17, 15) is 9.90 Å². The third kappa shape index (κ3) is 3.70. The predicted octanol–water partition coefficient (Wildman–Crippen LogP) is 2.66. The third-order valence-electron chi connectivity index (χ3n) is 3.87. The van der Waals surface area contributed by atoms with Gasteiger partial charge in [0.15, 0.2) is 0 Å². The fourth-order valence-electron chi connectivity index (χ4n) is 2.62. The number of anilines is 1. The van der Waals surface area contributed by atoms with E-state index in [0.717, 1.165) is 43.5 Å². The van der Waals surface area contributed by atoms with E-state index in [1.54, 1.807) is 6.07 Å². The van der Waals surface area contributed by atoms with Gasteiger partial charge in [-0.15, -0.1) is 0 Å². The molecule has 0 atom stereocenters. The SMILES string of the molecule is Cc1cc(NCC2CCC(O)CC2)ccc1C(=O)O. The van der Waals surface area contributed by atoms with Gasteiger partial charge in [-0.2, -0.15) is 0 Å². The number of carboxylic acids is 1. The number of hydrogen-bond acceptors (Lipinski definition) is 3. The van der Waals surface area contributed by atoms with Crippen LogP contribution < -0.4 is 5.32 Å². The van der Waals surface area contributed by atoms with Gasteiger partial charge in [0.25, 0.3) is 0 Å². The molecule has 19 heavy (non-hydrogen) atoms. The predicted molar refractivity (Wildman–Crippen MR) is 74.6 cm³/mol. The average molecular weight is 263 g/mol. The highest BCUT2D eigenvalue weighted by Gasteiger charge is 2.19. The number of benzene rings is 1. The Kier molecular flexibility index (Phi) is 4.43. The van der Waals surface area contributed by atoms with Crippen LogP contribution in [0, 0.1) is 12.8 Å². The molecule has 1 aromatic rings. The molecule has 0 heterocycles. The minimum Gasteiger partial charge on any atom is -0.478 e. The van der Waals surface area contributed by atoms with E-state index in [1.807, 2.05) is 19.1 Å². The zero-order valence-electron chi connectivity index (χ0n) is 11.2. The van der Waals surface area contributed by atoms with Gasteiger partial charge in [0.2, 0.25) is 0 Å². The number of aliphatic hydroxyl groups excluding tert-OH is 1. The standard InChI is InChI=1S/C15H21NO3/c1-10-8-12(4-7-14(10)15(18)19)16-9-11-2-5-13(17)6-3-11/h4,7-8,11,13,16-17H,2-3,5-6,9H2,1H3,(H,18,19). The number of nitrogens with one attached hydrogen (secondary N) is 1. The first-order valence-electron chi connectivity index (χ1n) is 6.82. The van der Waals surface area contributed by atoms with Crippen molar-refractivity contribution in [2.24, 2.45) is 5.92 Å². The summed E-state index contributed by atoms with van der Waals surface area (Å²) in [6.07, 6.45) is 3.78. The second-order valence-corrected chi connectivity index (χ2v) is 5.39. The van der Waals surface area contributed by atoms with Gasteiger partial charge in [0.05, 0.1) is 11.7 Å². The molecule has 0 saturated heterocycles. The van der Waals surface area contributed by atoms with Crippen LogP contribution in [0.15, 0.2) is 18.2 Å². The summed E-state index contributed by atoms with van der Waals surface area (Å²) in [5.74, 6) is -0.284. The van der Waals surface area contributed by atoms with Gasteiger partial charge in [0, 0.05) is 12.2 Å². The minimum atomic E-state index is -0.884. The zero-order chi connectivity index (χ0) is 13.8. The smallest absolute Gasteiger partial charge is 0.335 e. The van der Waals surface area contributed by atoms with E-state index >= 15 is 0 Å². The quantitative estimate of drug-likeness (QED) is 0.781. The molecule has 1 fully saturated rings. The fraction of sp³-hybridized carbons (Fsp3) is 0.533. The van der Waals surface area contributed by atoms with Crippen molar-refractivity contribution in [3.8, 4) is 0 Å².